The third kappa shape index (κ3) is 2.09. The van der Waals surface area contributed by atoms with Crippen LogP contribution in [0.25, 0.3) is 0 Å². The maximum absolute atomic E-state index is 11.1. The summed E-state index contributed by atoms with van der Waals surface area (Å²) in [6.45, 7) is 4.25. The van der Waals surface area contributed by atoms with Gasteiger partial charge in [-0.15, -0.1) is 0 Å². The van der Waals surface area contributed by atoms with E-state index in [0.717, 1.165) is 17.7 Å². The van der Waals surface area contributed by atoms with Gasteiger partial charge >= 0.3 is 5.97 Å². The van der Waals surface area contributed by atoms with E-state index < -0.39 is 5.97 Å². The van der Waals surface area contributed by atoms with E-state index in [1.54, 1.807) is 0 Å². The number of aromatic amines is 1. The lowest BCUT2D eigenvalue weighted by Crippen LogP contribution is -2.03. The number of rotatable bonds is 5. The Balaban J connectivity index is 1.64. The van der Waals surface area contributed by atoms with Crippen LogP contribution in [-0.2, 0) is 6.42 Å². The highest BCUT2D eigenvalue weighted by Crippen LogP contribution is 2.63. The van der Waals surface area contributed by atoms with Gasteiger partial charge in [0.1, 0.15) is 0 Å². The summed E-state index contributed by atoms with van der Waals surface area (Å²) in [5.41, 5.74) is 2.26. The number of carboxylic acids is 1. The Morgan fingerprint density at radius 2 is 2.35 bits per heavy atom. The molecule has 0 spiro atoms. The molecule has 0 aliphatic heterocycles. The van der Waals surface area contributed by atoms with Crippen LogP contribution in [0.4, 0.5) is 0 Å². The van der Waals surface area contributed by atoms with Crippen molar-refractivity contribution in [2.24, 2.45) is 17.8 Å². The molecule has 2 aliphatic carbocycles. The van der Waals surface area contributed by atoms with Crippen molar-refractivity contribution in [1.29, 1.82) is 0 Å². The maximum Gasteiger partial charge on any atom is 0.356 e. The van der Waals surface area contributed by atoms with E-state index in [9.17, 15) is 4.79 Å². The topological polar surface area (TPSA) is 66.0 Å². The molecular weight excluding hydrogens is 252 g/mol. The highest BCUT2D eigenvalue weighted by atomic mass is 16.4. The van der Waals surface area contributed by atoms with Gasteiger partial charge in [-0.1, -0.05) is 31.2 Å². The highest BCUT2D eigenvalue weighted by Gasteiger charge is 2.57. The molecule has 0 aromatic carbocycles. The molecule has 1 saturated carbocycles. The average Bonchev–Trinajstić information content (AvgIpc) is 2.75. The minimum absolute atomic E-state index is 0.229. The lowest BCUT2D eigenvalue weighted by molar-refractivity contribution is 0.0689. The summed E-state index contributed by atoms with van der Waals surface area (Å²) >= 11 is 0. The zero-order valence-corrected chi connectivity index (χ0v) is 11.8. The Morgan fingerprint density at radius 1 is 1.55 bits per heavy atom. The van der Waals surface area contributed by atoms with E-state index in [-0.39, 0.29) is 5.69 Å². The first-order chi connectivity index (χ1) is 9.63. The Morgan fingerprint density at radius 3 is 3.05 bits per heavy atom. The molecule has 0 bridgehead atoms. The maximum atomic E-state index is 11.1. The standard InChI is InChI=1S/C16H20N2O2/c1-3-4-5-6-9(2)7-10-11-8-12-14(13(10)11)17-18-15(12)16(19)20/h3-6,9-11,13H,7-8H2,1-2H3,(H,17,18)(H,19,20)/b4-3-,6-5-. The molecule has 1 fully saturated rings. The predicted octanol–water partition coefficient (Wildman–Crippen LogP) is 3.15. The largest absolute Gasteiger partial charge is 0.476 e. The summed E-state index contributed by atoms with van der Waals surface area (Å²) in [4.78, 5) is 11.1. The summed E-state index contributed by atoms with van der Waals surface area (Å²) in [5.74, 6) is 1.49. The van der Waals surface area contributed by atoms with Crippen molar-refractivity contribution in [1.82, 2.24) is 10.2 Å². The number of carboxylic acid groups (broad SMARTS) is 1. The van der Waals surface area contributed by atoms with Crippen molar-refractivity contribution < 1.29 is 9.90 Å². The average molecular weight is 272 g/mol. The van der Waals surface area contributed by atoms with Gasteiger partial charge in [0, 0.05) is 17.2 Å². The van der Waals surface area contributed by atoms with Gasteiger partial charge in [0.15, 0.2) is 5.69 Å². The van der Waals surface area contributed by atoms with Crippen molar-refractivity contribution in [2.75, 3.05) is 0 Å². The number of aromatic nitrogens is 2. The van der Waals surface area contributed by atoms with Crippen molar-refractivity contribution >= 4 is 5.97 Å². The summed E-state index contributed by atoms with van der Waals surface area (Å²) in [7, 11) is 0. The summed E-state index contributed by atoms with van der Waals surface area (Å²) in [5, 5.41) is 16.0. The SMILES string of the molecule is C/C=C\C=C/C(C)CC1C2Cc3c(C(=O)O)n[nH]c3C21. The molecule has 0 saturated heterocycles. The van der Waals surface area contributed by atoms with E-state index in [4.69, 9.17) is 5.11 Å². The van der Waals surface area contributed by atoms with Crippen molar-refractivity contribution in [3.63, 3.8) is 0 Å². The molecule has 3 rings (SSSR count). The van der Waals surface area contributed by atoms with Crippen LogP contribution in [0.5, 0.6) is 0 Å². The minimum Gasteiger partial charge on any atom is -0.476 e. The smallest absolute Gasteiger partial charge is 0.356 e. The molecule has 4 unspecified atom stereocenters. The van der Waals surface area contributed by atoms with Crippen LogP contribution in [0.2, 0.25) is 0 Å². The van der Waals surface area contributed by atoms with E-state index in [1.807, 2.05) is 13.0 Å². The number of nitrogens with zero attached hydrogens (tertiary/aromatic N) is 1. The first-order valence-electron chi connectivity index (χ1n) is 7.23. The Labute approximate surface area is 118 Å². The van der Waals surface area contributed by atoms with E-state index in [1.165, 1.54) is 6.42 Å². The number of nitrogens with one attached hydrogen (secondary N) is 1. The zero-order valence-electron chi connectivity index (χ0n) is 11.8. The number of hydrogen-bond donors (Lipinski definition) is 2. The van der Waals surface area contributed by atoms with Crippen LogP contribution in [0.3, 0.4) is 0 Å². The number of carbonyl (C=O) groups is 1. The van der Waals surface area contributed by atoms with Gasteiger partial charge in [-0.3, -0.25) is 5.10 Å². The number of fused-ring (bicyclic) bond motifs is 3. The zero-order chi connectivity index (χ0) is 14.3. The van der Waals surface area contributed by atoms with Gasteiger partial charge in [-0.05, 0) is 37.5 Å². The fourth-order valence-electron chi connectivity index (χ4n) is 3.62. The van der Waals surface area contributed by atoms with Gasteiger partial charge in [-0.2, -0.15) is 5.10 Å². The molecule has 0 amide bonds. The van der Waals surface area contributed by atoms with E-state index in [0.29, 0.717) is 23.7 Å². The van der Waals surface area contributed by atoms with Gasteiger partial charge < -0.3 is 5.11 Å². The number of aromatic carboxylic acids is 1. The van der Waals surface area contributed by atoms with Gasteiger partial charge in [0.05, 0.1) is 0 Å². The minimum atomic E-state index is -0.914. The van der Waals surface area contributed by atoms with Crippen molar-refractivity contribution in [2.45, 2.75) is 32.6 Å². The first kappa shape index (κ1) is 13.2. The Hall–Kier alpha value is -1.84. The Kier molecular flexibility index (Phi) is 3.24. The second-order valence-electron chi connectivity index (χ2n) is 5.95. The Bertz CT molecular complexity index is 585. The number of allylic oxidation sites excluding steroid dienone is 4. The first-order valence-corrected chi connectivity index (χ1v) is 7.23. The van der Waals surface area contributed by atoms with Crippen LogP contribution >= 0.6 is 0 Å². The number of H-pyrrole nitrogens is 1. The molecule has 1 aromatic rings. The summed E-state index contributed by atoms with van der Waals surface area (Å²) in [6.07, 6.45) is 10.5. The molecule has 2 aliphatic rings. The molecule has 20 heavy (non-hydrogen) atoms. The van der Waals surface area contributed by atoms with Gasteiger partial charge in [-0.25, -0.2) is 4.79 Å². The molecule has 4 heteroatoms. The van der Waals surface area contributed by atoms with Crippen molar-refractivity contribution in [3.05, 3.63) is 41.3 Å². The predicted molar refractivity (Wildman–Crippen MR) is 76.7 cm³/mol. The van der Waals surface area contributed by atoms with E-state index >= 15 is 0 Å². The third-order valence-electron chi connectivity index (χ3n) is 4.59. The quantitative estimate of drug-likeness (QED) is 0.809. The molecule has 106 valence electrons. The molecular formula is C16H20N2O2. The number of hydrogen-bond acceptors (Lipinski definition) is 2. The monoisotopic (exact) mass is 272 g/mol. The molecule has 2 N–H and O–H groups in total. The van der Waals surface area contributed by atoms with E-state index in [2.05, 4.69) is 35.3 Å². The molecule has 1 heterocycles. The van der Waals surface area contributed by atoms with Crippen LogP contribution in [0.1, 0.15) is 47.9 Å². The second-order valence-corrected chi connectivity index (χ2v) is 5.95. The molecule has 1 aromatic heterocycles. The lowest BCUT2D eigenvalue weighted by atomic mass is 9.97. The molecule has 4 nitrogen and oxygen atoms in total. The van der Waals surface area contributed by atoms with Crippen molar-refractivity contribution in [3.8, 4) is 0 Å². The van der Waals surface area contributed by atoms with Crippen LogP contribution in [-0.4, -0.2) is 21.3 Å². The third-order valence-corrected chi connectivity index (χ3v) is 4.59. The van der Waals surface area contributed by atoms with Crippen LogP contribution in [0.15, 0.2) is 24.3 Å². The van der Waals surface area contributed by atoms with Crippen LogP contribution < -0.4 is 0 Å². The highest BCUT2D eigenvalue weighted by molar-refractivity contribution is 5.87. The summed E-state index contributed by atoms with van der Waals surface area (Å²) in [6, 6.07) is 0. The summed E-state index contributed by atoms with van der Waals surface area (Å²) < 4.78 is 0. The second kappa shape index (κ2) is 4.93. The lowest BCUT2D eigenvalue weighted by Gasteiger charge is -2.07. The molecule has 4 atom stereocenters. The fraction of sp³-hybridized carbons (Fsp3) is 0.500. The van der Waals surface area contributed by atoms with Gasteiger partial charge in [0.25, 0.3) is 0 Å². The van der Waals surface area contributed by atoms with Crippen LogP contribution in [0, 0.1) is 17.8 Å². The van der Waals surface area contributed by atoms with Gasteiger partial charge in [0.2, 0.25) is 0 Å². The normalized spacial score (nSPS) is 28.8. The fourth-order valence-corrected chi connectivity index (χ4v) is 3.62. The molecule has 0 radical (unpaired) electrons.